The number of hydrogen-bond acceptors (Lipinski definition) is 5. The molecule has 5 N–H and O–H groups in total. The van der Waals surface area contributed by atoms with Crippen LogP contribution in [0.25, 0.3) is 22.3 Å². The molecule has 6 rings (SSSR count). The summed E-state index contributed by atoms with van der Waals surface area (Å²) in [6, 6.07) is 14.5. The van der Waals surface area contributed by atoms with Gasteiger partial charge in [0.2, 0.25) is 0 Å². The maximum absolute atomic E-state index is 15.9. The van der Waals surface area contributed by atoms with Gasteiger partial charge in [0.1, 0.15) is 28.7 Å². The van der Waals surface area contributed by atoms with E-state index in [0.29, 0.717) is 30.1 Å². The van der Waals surface area contributed by atoms with E-state index in [1.165, 1.54) is 24.6 Å². The van der Waals surface area contributed by atoms with Crippen molar-refractivity contribution in [1.29, 1.82) is 0 Å². The summed E-state index contributed by atoms with van der Waals surface area (Å²) < 4.78 is 17.5. The molecule has 1 aliphatic heterocycles. The van der Waals surface area contributed by atoms with Crippen LogP contribution in [0.5, 0.6) is 0 Å². The third-order valence-electron chi connectivity index (χ3n) is 7.55. The third-order valence-corrected chi connectivity index (χ3v) is 7.55. The smallest absolute Gasteiger partial charge is 0.257 e. The number of primary amides is 1. The minimum absolute atomic E-state index is 0.00857. The van der Waals surface area contributed by atoms with Crippen LogP contribution >= 0.6 is 0 Å². The quantitative estimate of drug-likeness (QED) is 0.224. The number of halogens is 1. The molecule has 1 aliphatic rings. The van der Waals surface area contributed by atoms with Gasteiger partial charge >= 0.3 is 0 Å². The van der Waals surface area contributed by atoms with E-state index in [1.54, 1.807) is 29.1 Å². The summed E-state index contributed by atoms with van der Waals surface area (Å²) in [5.41, 5.74) is 11.1. The van der Waals surface area contributed by atoms with Crippen molar-refractivity contribution in [3.05, 3.63) is 88.4 Å². The number of carbonyl (C=O) groups is 2. The first kappa shape index (κ1) is 26.2. The Hall–Kier alpha value is -4.99. The molecule has 0 radical (unpaired) electrons. The van der Waals surface area contributed by atoms with Crippen LogP contribution in [0.3, 0.4) is 0 Å². The molecule has 0 bridgehead atoms. The van der Waals surface area contributed by atoms with Crippen LogP contribution in [0.2, 0.25) is 0 Å². The second kappa shape index (κ2) is 9.58. The highest BCUT2D eigenvalue weighted by atomic mass is 19.1. The first-order valence-electron chi connectivity index (χ1n) is 13.4. The van der Waals surface area contributed by atoms with Crippen molar-refractivity contribution in [2.75, 3.05) is 10.6 Å². The van der Waals surface area contributed by atoms with Crippen LogP contribution < -0.4 is 16.4 Å². The lowest BCUT2D eigenvalue weighted by Gasteiger charge is -2.21. The molecule has 41 heavy (non-hydrogen) atoms. The van der Waals surface area contributed by atoms with Gasteiger partial charge in [-0.25, -0.2) is 14.1 Å². The Bertz CT molecular complexity index is 1860. The number of aryl methyl sites for hydroxylation is 2. The van der Waals surface area contributed by atoms with Gasteiger partial charge in [-0.3, -0.25) is 9.59 Å². The molecule has 3 aromatic heterocycles. The summed E-state index contributed by atoms with van der Waals surface area (Å²) in [6.45, 7) is 8.47. The Morgan fingerprint density at radius 3 is 2.66 bits per heavy atom. The van der Waals surface area contributed by atoms with Gasteiger partial charge in [-0.05, 0) is 71.8 Å². The van der Waals surface area contributed by atoms with Crippen LogP contribution in [0.4, 0.5) is 21.7 Å². The van der Waals surface area contributed by atoms with Crippen molar-refractivity contribution < 1.29 is 14.0 Å². The maximum atomic E-state index is 15.9. The Labute approximate surface area is 236 Å². The Balaban J connectivity index is 1.34. The number of hydrogen-bond donors (Lipinski definition) is 4. The highest BCUT2D eigenvalue weighted by Gasteiger charge is 2.29. The summed E-state index contributed by atoms with van der Waals surface area (Å²) in [5, 5.41) is 10.7. The Morgan fingerprint density at radius 2 is 1.90 bits per heavy atom. The van der Waals surface area contributed by atoms with Gasteiger partial charge in [-0.2, -0.15) is 5.10 Å². The number of amides is 2. The van der Waals surface area contributed by atoms with E-state index < -0.39 is 17.6 Å². The summed E-state index contributed by atoms with van der Waals surface area (Å²) in [4.78, 5) is 33.2. The van der Waals surface area contributed by atoms with E-state index in [2.05, 4.69) is 58.6 Å². The van der Waals surface area contributed by atoms with E-state index in [-0.39, 0.29) is 33.4 Å². The number of H-pyrrole nitrogens is 1. The predicted octanol–water partition coefficient (Wildman–Crippen LogP) is 5.82. The number of nitrogens with two attached hydrogens (primary N) is 1. The first-order chi connectivity index (χ1) is 19.5. The molecule has 0 saturated carbocycles. The average Bonchev–Trinajstić information content (AvgIpc) is 3.48. The summed E-state index contributed by atoms with van der Waals surface area (Å²) in [7, 11) is 0. The number of aromatic amines is 1. The highest BCUT2D eigenvalue weighted by Crippen LogP contribution is 2.37. The molecule has 0 unspecified atom stereocenters. The van der Waals surface area contributed by atoms with Crippen molar-refractivity contribution in [2.45, 2.75) is 46.1 Å². The Morgan fingerprint density at radius 1 is 1.10 bits per heavy atom. The number of rotatable bonds is 4. The number of nitrogens with one attached hydrogen (secondary N) is 3. The zero-order chi connectivity index (χ0) is 29.1. The molecule has 2 amide bonds. The van der Waals surface area contributed by atoms with E-state index in [0.717, 1.165) is 16.8 Å². The largest absolute Gasteiger partial charge is 0.365 e. The van der Waals surface area contributed by atoms with Crippen molar-refractivity contribution >= 4 is 40.2 Å². The normalized spacial score (nSPS) is 12.8. The molecule has 0 atom stereocenters. The van der Waals surface area contributed by atoms with Crippen LogP contribution in [0.1, 0.15) is 58.2 Å². The van der Waals surface area contributed by atoms with Gasteiger partial charge in [0.05, 0.1) is 11.0 Å². The van der Waals surface area contributed by atoms with Gasteiger partial charge in [-0.1, -0.05) is 32.9 Å². The fourth-order valence-electron chi connectivity index (χ4n) is 5.22. The van der Waals surface area contributed by atoms with E-state index >= 15 is 4.39 Å². The Kier molecular flexibility index (Phi) is 6.13. The first-order valence-corrected chi connectivity index (χ1v) is 13.4. The average molecular weight is 552 g/mol. The fraction of sp³-hybridized carbons (Fsp3) is 0.226. The number of carbonyl (C=O) groups excluding carboxylic acids is 2. The zero-order valence-electron chi connectivity index (χ0n) is 23.2. The molecule has 0 aliphatic carbocycles. The zero-order valence-corrected chi connectivity index (χ0v) is 23.2. The second-order valence-corrected chi connectivity index (χ2v) is 11.3. The number of nitrogens with zero attached hydrogens (tertiary/aromatic N) is 3. The van der Waals surface area contributed by atoms with Crippen LogP contribution in [0.15, 0.2) is 54.7 Å². The van der Waals surface area contributed by atoms with Crippen molar-refractivity contribution in [3.63, 3.8) is 0 Å². The molecule has 2 aromatic carbocycles. The van der Waals surface area contributed by atoms with E-state index in [4.69, 9.17) is 5.73 Å². The monoisotopic (exact) mass is 551 g/mol. The van der Waals surface area contributed by atoms with Gasteiger partial charge in [0.15, 0.2) is 0 Å². The summed E-state index contributed by atoms with van der Waals surface area (Å²) in [5.74, 6) is -1.12. The lowest BCUT2D eigenvalue weighted by atomic mass is 9.85. The van der Waals surface area contributed by atoms with Gasteiger partial charge in [0.25, 0.3) is 11.8 Å². The number of benzene rings is 2. The van der Waals surface area contributed by atoms with Crippen molar-refractivity contribution in [1.82, 2.24) is 19.7 Å². The highest BCUT2D eigenvalue weighted by molar-refractivity contribution is 6.07. The van der Waals surface area contributed by atoms with Gasteiger partial charge < -0.3 is 21.4 Å². The lowest BCUT2D eigenvalue weighted by molar-refractivity contribution is 0.0998. The van der Waals surface area contributed by atoms with Crippen LogP contribution in [-0.4, -0.2) is 31.6 Å². The molecule has 5 aromatic rings. The van der Waals surface area contributed by atoms with Crippen LogP contribution in [-0.2, 0) is 18.4 Å². The molecule has 0 spiro atoms. The number of pyridine rings is 1. The predicted molar refractivity (Wildman–Crippen MR) is 157 cm³/mol. The van der Waals surface area contributed by atoms with Crippen molar-refractivity contribution in [2.24, 2.45) is 5.73 Å². The molecular weight excluding hydrogens is 521 g/mol. The van der Waals surface area contributed by atoms with Crippen LogP contribution in [0, 0.1) is 12.7 Å². The van der Waals surface area contributed by atoms with Gasteiger partial charge in [-0.15, -0.1) is 0 Å². The number of anilines is 3. The molecule has 0 saturated heterocycles. The molecule has 10 heteroatoms. The van der Waals surface area contributed by atoms with E-state index in [1.807, 2.05) is 6.07 Å². The van der Waals surface area contributed by atoms with E-state index in [9.17, 15) is 9.59 Å². The SMILES string of the molecule is Cc1c(C(=O)Nc2ccc3[nH]ccc3n2)ccc(-c2nn3c(c2C(N)=O)Nc2ccc(C(C)(C)C)cc2CC3)c1F. The molecule has 4 heterocycles. The lowest BCUT2D eigenvalue weighted by Crippen LogP contribution is -2.16. The van der Waals surface area contributed by atoms with Crippen molar-refractivity contribution in [3.8, 4) is 11.3 Å². The molecular formula is C31H30FN7O2. The second-order valence-electron chi connectivity index (χ2n) is 11.3. The molecule has 208 valence electrons. The summed E-state index contributed by atoms with van der Waals surface area (Å²) >= 11 is 0. The maximum Gasteiger partial charge on any atom is 0.257 e. The molecule has 0 fully saturated rings. The standard InChI is InChI=1S/C31H30FN7O2/c1-16-19(30(41)37-24-10-9-22-23(35-24)11-13-34-22)6-7-20(26(16)32)27-25(28(33)40)29-36-21-8-5-18(31(2,3)4)15-17(21)12-14-39(29)38-27/h5-11,13,15,34,36H,12,14H2,1-4H3,(H2,33,40)(H,35,37,41). The van der Waals surface area contributed by atoms with Gasteiger partial charge in [0, 0.05) is 29.6 Å². The number of fused-ring (bicyclic) bond motifs is 3. The minimum atomic E-state index is -0.728. The minimum Gasteiger partial charge on any atom is -0.365 e. The summed E-state index contributed by atoms with van der Waals surface area (Å²) in [6.07, 6.45) is 2.43. The third kappa shape index (κ3) is 4.61. The topological polar surface area (TPSA) is 131 Å². The molecule has 9 nitrogen and oxygen atoms in total. The fourth-order valence-corrected chi connectivity index (χ4v) is 5.22. The number of aromatic nitrogens is 4.